The lowest BCUT2D eigenvalue weighted by molar-refractivity contribution is 2.50. The van der Waals surface area contributed by atoms with Crippen LogP contribution in [0, 0.1) is 0 Å². The van der Waals surface area contributed by atoms with Crippen molar-refractivity contribution in [3.63, 3.8) is 0 Å². The van der Waals surface area contributed by atoms with Gasteiger partial charge in [-0.2, -0.15) is 0 Å². The first-order valence-corrected chi connectivity index (χ1v) is 0. The van der Waals surface area contributed by atoms with Crippen LogP contribution in [0.15, 0.2) is 0 Å². The lowest BCUT2D eigenvalue weighted by atomic mass is 12.0. The van der Waals surface area contributed by atoms with E-state index in [1.807, 2.05) is 0 Å². The molecule has 0 aliphatic rings. The second kappa shape index (κ2) is 0. The standard InChI is InChI=1S/4CH4.6H2/h4*1H4;6*1H/i;;;;2*1+2T;4*1+2. The Kier molecular flexibility index (Phi) is 0. The van der Waals surface area contributed by atoms with Crippen LogP contribution >= 0.6 is 0 Å². The third-order valence-electron chi connectivity index (χ3n) is 0. The van der Waals surface area contributed by atoms with E-state index in [2.05, 4.69) is 0 Å². The molecule has 0 radical (unpaired) electrons. The number of hydrogen-bond donors (Lipinski definition) is 0. The maximum absolute atomic E-state index is 5.00. The average molecular weight is 92.3 g/mol. The van der Waals surface area contributed by atoms with E-state index in [4.69, 9.17) is 5.94 Å². The van der Waals surface area contributed by atoms with Crippen LogP contribution in [-0.2, 0) is 0 Å². The highest BCUT2D eigenvalue weighted by Crippen LogP contribution is 0.147. The van der Waals surface area contributed by atoms with Crippen LogP contribution in [0.3, 0.4) is 0 Å². The van der Waals surface area contributed by atoms with Crippen LogP contribution in [-0.4, -0.2) is 0 Å². The minimum absolute atomic E-state index is 0. The predicted molar refractivity (Wildman–Crippen MR) is 39.6 cm³/mol. The summed E-state index contributed by atoms with van der Waals surface area (Å²) in [7, 11) is 0. The van der Waals surface area contributed by atoms with Crippen molar-refractivity contribution in [2.75, 3.05) is 0 Å². The van der Waals surface area contributed by atoms with Crippen molar-refractivity contribution < 1.29 is 11.6 Å². The number of rotatable bonds is 0. The summed E-state index contributed by atoms with van der Waals surface area (Å²) >= 11 is 0. The average Bonchev–Trinajstić information content (AvgIpc) is 1.50. The molecule has 0 aromatic carbocycles. The minimum atomic E-state index is 0. The molecule has 0 heteroatoms. The van der Waals surface area contributed by atoms with Gasteiger partial charge >= 0.3 is 0 Å². The van der Waals surface area contributed by atoms with Crippen LogP contribution in [0.1, 0.15) is 41.4 Å². The molecular formula is C4H28. The maximum atomic E-state index is 5.00. The first kappa shape index (κ1) is 9.00. The van der Waals surface area contributed by atoms with E-state index < -0.39 is 0 Å². The Balaban J connectivity index is -0.000000000500. The van der Waals surface area contributed by atoms with Crippen molar-refractivity contribution in [3.8, 4) is 0 Å². The van der Waals surface area contributed by atoms with E-state index in [9.17, 15) is 0 Å². The summed E-state index contributed by atoms with van der Waals surface area (Å²) in [5.74, 6) is 0. The Labute approximate surface area is 43.0 Å². The van der Waals surface area contributed by atoms with Gasteiger partial charge in [-0.05, 0) is 0 Å². The summed E-state index contributed by atoms with van der Waals surface area (Å²) in [6.45, 7) is 0. The van der Waals surface area contributed by atoms with Crippen molar-refractivity contribution in [3.05, 3.63) is 0 Å². The Morgan fingerprint density at radius 1 is 0.750 bits per heavy atom. The molecule has 0 saturated heterocycles. The smallest absolute Gasteiger partial charge is 0 e. The van der Waals surface area contributed by atoms with Gasteiger partial charge in [-0.15, -0.1) is 0 Å². The highest BCUT2D eigenvalue weighted by Gasteiger charge is -0.0746. The Morgan fingerprint density at radius 3 is 0.750 bits per heavy atom. The summed E-state index contributed by atoms with van der Waals surface area (Å²) in [6, 6.07) is 0. The zero-order valence-corrected chi connectivity index (χ0v) is 0. The fraction of sp³-hybridized carbons (Fsp3) is 1.00. The van der Waals surface area contributed by atoms with Crippen LogP contribution in [0.2, 0.25) is 0 Å². The molecule has 0 unspecified atom stereocenters. The molecule has 0 aromatic rings. The molecule has 0 atom stereocenters. The van der Waals surface area contributed by atoms with Gasteiger partial charge in [0.25, 0.3) is 0 Å². The molecule has 0 saturated carbocycles. The molecule has 0 bridgehead atoms. The van der Waals surface area contributed by atoms with Crippen molar-refractivity contribution in [1.29, 1.82) is 0 Å². The molecule has 0 spiro atoms. The molecule has 0 rings (SSSR count). The van der Waals surface area contributed by atoms with E-state index in [-0.39, 0.29) is 35.4 Å². The van der Waals surface area contributed by atoms with Gasteiger partial charge in [-0.1, -0.05) is 29.7 Å². The predicted octanol–water partition coefficient (Wildman–Crippen LogP) is 4.02. The summed E-state index contributed by atoms with van der Waals surface area (Å²) < 4.78 is 20.0. The highest BCUT2D eigenvalue weighted by molar-refractivity contribution is 2.51. The molecule has 0 fully saturated rings. The largest absolute Gasteiger partial charge is 0.0776 e. The van der Waals surface area contributed by atoms with E-state index in [1.54, 1.807) is 0 Å². The molecule has 0 aromatic heterocycles. The molecule has 4 heavy (non-hydrogen) atoms. The highest BCUT2D eigenvalue weighted by atomic mass is 12.0. The molecule has 0 amide bonds. The van der Waals surface area contributed by atoms with Gasteiger partial charge in [0.15, 0.2) is 0 Å². The zero-order chi connectivity index (χ0) is 4.00. The second-order valence-corrected chi connectivity index (χ2v) is 0. The fourth-order valence-electron chi connectivity index (χ4n) is 0. The number of hydrogen-bond acceptors (Lipinski definition) is 0. The van der Waals surface area contributed by atoms with Gasteiger partial charge in [0.2, 0.25) is 0 Å². The van der Waals surface area contributed by atoms with Gasteiger partial charge in [-0.3, -0.25) is 0 Å². The van der Waals surface area contributed by atoms with Gasteiger partial charge in [0.05, 0.1) is 0 Å². The van der Waals surface area contributed by atoms with Crippen molar-refractivity contribution >= 4 is 0 Å². The quantitative estimate of drug-likeness (QED) is 0.423. The Hall–Kier alpha value is 0. The third kappa shape index (κ3) is 0. The molecule has 44 valence electrons. The van der Waals surface area contributed by atoms with E-state index in [1.165, 1.54) is 0 Å². The van der Waals surface area contributed by atoms with Crippen LogP contribution < -0.4 is 0 Å². The van der Waals surface area contributed by atoms with Crippen LogP contribution in [0.5, 0.6) is 0 Å². The van der Waals surface area contributed by atoms with E-state index >= 15 is 0 Å². The van der Waals surface area contributed by atoms with Crippen molar-refractivity contribution in [2.45, 2.75) is 29.7 Å². The van der Waals surface area contributed by atoms with Crippen molar-refractivity contribution in [2.24, 2.45) is 0 Å². The monoisotopic (exact) mass is 92.3 g/mol. The summed E-state index contributed by atoms with van der Waals surface area (Å²) in [4.78, 5) is 0. The minimum Gasteiger partial charge on any atom is -0.0776 e. The van der Waals surface area contributed by atoms with Gasteiger partial charge in [-0.25, -0.2) is 0 Å². The fourth-order valence-corrected chi connectivity index (χ4v) is 0. The summed E-state index contributed by atoms with van der Waals surface area (Å²) in [5, 5.41) is 0. The first-order valence-electron chi connectivity index (χ1n) is 2.00. The topological polar surface area (TPSA) is 0 Å². The summed E-state index contributed by atoms with van der Waals surface area (Å²) in [6.07, 6.45) is 0. The summed E-state index contributed by atoms with van der Waals surface area (Å²) in [5.41, 5.74) is 0. The maximum Gasteiger partial charge on any atom is 0 e. The van der Waals surface area contributed by atoms with Gasteiger partial charge in [0, 0.05) is 11.6 Å². The Morgan fingerprint density at radius 2 is 0.750 bits per heavy atom. The molecule has 0 heterocycles. The molecule has 0 aliphatic carbocycles. The van der Waals surface area contributed by atoms with Crippen LogP contribution in [0.25, 0.3) is 0 Å². The lowest BCUT2D eigenvalue weighted by Gasteiger charge is -0.0786. The van der Waals surface area contributed by atoms with Gasteiger partial charge in [0.1, 0.15) is 0 Å². The SMILES string of the molecule is C.C.C.C.[3HH].[3HH].[3HH].[3HH].[3H][3H].[3H][3H]. The molecule has 0 N–H and O–H groups in total. The second-order valence-electron chi connectivity index (χ2n) is 0. The van der Waals surface area contributed by atoms with Gasteiger partial charge < -0.3 is 0 Å². The third-order valence-corrected chi connectivity index (χ3v) is 0. The normalized spacial score (nSPS) is 4.00. The van der Waals surface area contributed by atoms with Crippen LogP contribution in [0.4, 0.5) is 0 Å². The van der Waals surface area contributed by atoms with E-state index in [0.29, 0.717) is 0 Å². The molecular weight excluding hydrogens is 48.0 g/mol. The molecule has 0 aliphatic heterocycles. The molecule has 0 nitrogen and oxygen atoms in total. The van der Waals surface area contributed by atoms with E-state index in [0.717, 1.165) is 0 Å². The van der Waals surface area contributed by atoms with Crippen molar-refractivity contribution in [1.82, 2.24) is 0 Å². The Bertz CT molecular complexity index is 11.0. The first-order chi connectivity index (χ1) is 2.00. The zero-order valence-electron chi connectivity index (χ0n) is 4.00. The lowest BCUT2D eigenvalue weighted by Crippen LogP contribution is 0.143.